The van der Waals surface area contributed by atoms with Gasteiger partial charge >= 0.3 is 0 Å². The molecule has 1 atom stereocenters. The third-order valence-electron chi connectivity index (χ3n) is 6.23. The standard InChI is InChI=1S/C31H30N4O4S/c1-6-27(30(36)35-28-14-19(2)12-13-33-28)40-31-23(18-32)22(17-24(34-31)20-10-8-7-9-11-20)21-15-25(37-3)29(39-5)26(16-21)38-4/h7-17,27H,6H2,1-5H3,(H,33,35,36). The van der Waals surface area contributed by atoms with Crippen LogP contribution in [0.2, 0.25) is 0 Å². The molecule has 4 rings (SSSR count). The van der Waals surface area contributed by atoms with E-state index < -0.39 is 5.25 Å². The molecule has 1 amide bonds. The smallest absolute Gasteiger partial charge is 0.239 e. The first-order valence-electron chi connectivity index (χ1n) is 12.6. The summed E-state index contributed by atoms with van der Waals surface area (Å²) in [7, 11) is 4.63. The number of benzene rings is 2. The van der Waals surface area contributed by atoms with Gasteiger partial charge in [-0.25, -0.2) is 9.97 Å². The van der Waals surface area contributed by atoms with Crippen molar-refractivity contribution in [3.63, 3.8) is 0 Å². The molecule has 0 bridgehead atoms. The molecule has 0 saturated heterocycles. The molecule has 9 heteroatoms. The Balaban J connectivity index is 1.84. The number of carbonyl (C=O) groups is 1. The lowest BCUT2D eigenvalue weighted by molar-refractivity contribution is -0.115. The number of carbonyl (C=O) groups excluding carboxylic acids is 1. The lowest BCUT2D eigenvalue weighted by atomic mass is 9.98. The summed E-state index contributed by atoms with van der Waals surface area (Å²) in [5.41, 5.74) is 4.21. The molecule has 0 radical (unpaired) electrons. The minimum atomic E-state index is -0.513. The minimum Gasteiger partial charge on any atom is -0.493 e. The number of aromatic nitrogens is 2. The van der Waals surface area contributed by atoms with Gasteiger partial charge < -0.3 is 19.5 Å². The zero-order valence-electron chi connectivity index (χ0n) is 23.0. The third kappa shape index (κ3) is 6.19. The Bertz CT molecular complexity index is 1530. The largest absolute Gasteiger partial charge is 0.493 e. The van der Waals surface area contributed by atoms with E-state index in [4.69, 9.17) is 19.2 Å². The molecular formula is C31H30N4O4S. The molecule has 2 heterocycles. The van der Waals surface area contributed by atoms with Gasteiger partial charge in [0, 0.05) is 17.3 Å². The van der Waals surface area contributed by atoms with Gasteiger partial charge in [-0.1, -0.05) is 49.0 Å². The van der Waals surface area contributed by atoms with E-state index in [2.05, 4.69) is 16.4 Å². The number of amides is 1. The molecule has 0 spiro atoms. The van der Waals surface area contributed by atoms with Crippen LogP contribution in [-0.2, 0) is 4.79 Å². The number of pyridine rings is 2. The van der Waals surface area contributed by atoms with Gasteiger partial charge in [0.05, 0.1) is 37.8 Å². The highest BCUT2D eigenvalue weighted by Gasteiger charge is 2.25. The lowest BCUT2D eigenvalue weighted by Crippen LogP contribution is -2.25. The van der Waals surface area contributed by atoms with Crippen molar-refractivity contribution in [3.05, 3.63) is 78.0 Å². The summed E-state index contributed by atoms with van der Waals surface area (Å²) >= 11 is 1.26. The van der Waals surface area contributed by atoms with Crippen molar-refractivity contribution in [2.24, 2.45) is 0 Å². The van der Waals surface area contributed by atoms with Gasteiger partial charge in [-0.3, -0.25) is 4.79 Å². The summed E-state index contributed by atoms with van der Waals surface area (Å²) in [6.07, 6.45) is 2.17. The molecule has 0 fully saturated rings. The van der Waals surface area contributed by atoms with Crippen LogP contribution in [0.5, 0.6) is 17.2 Å². The van der Waals surface area contributed by atoms with Crippen molar-refractivity contribution in [2.45, 2.75) is 30.5 Å². The topological polar surface area (TPSA) is 106 Å². The van der Waals surface area contributed by atoms with Crippen LogP contribution >= 0.6 is 11.8 Å². The van der Waals surface area contributed by atoms with Gasteiger partial charge in [-0.2, -0.15) is 5.26 Å². The first kappa shape index (κ1) is 28.5. The van der Waals surface area contributed by atoms with Crippen LogP contribution in [0.3, 0.4) is 0 Å². The highest BCUT2D eigenvalue weighted by Crippen LogP contribution is 2.44. The summed E-state index contributed by atoms with van der Waals surface area (Å²) in [6.45, 7) is 3.86. The van der Waals surface area contributed by atoms with E-state index in [0.29, 0.717) is 56.9 Å². The fraction of sp³-hybridized carbons (Fsp3) is 0.226. The highest BCUT2D eigenvalue weighted by molar-refractivity contribution is 8.00. The normalized spacial score (nSPS) is 11.3. The Morgan fingerprint density at radius 2 is 1.70 bits per heavy atom. The number of hydrogen-bond donors (Lipinski definition) is 1. The van der Waals surface area contributed by atoms with Crippen molar-refractivity contribution in [3.8, 4) is 45.7 Å². The van der Waals surface area contributed by atoms with Gasteiger partial charge in [0.25, 0.3) is 0 Å². The SMILES string of the molecule is CCC(Sc1nc(-c2ccccc2)cc(-c2cc(OC)c(OC)c(OC)c2)c1C#N)C(=O)Nc1cc(C)ccn1. The molecule has 204 valence electrons. The number of thioether (sulfide) groups is 1. The predicted octanol–water partition coefficient (Wildman–Crippen LogP) is 6.53. The van der Waals surface area contributed by atoms with E-state index in [1.165, 1.54) is 18.9 Å². The number of nitrogens with one attached hydrogen (secondary N) is 1. The Hall–Kier alpha value is -4.55. The van der Waals surface area contributed by atoms with Crippen LogP contribution in [0, 0.1) is 18.3 Å². The molecule has 40 heavy (non-hydrogen) atoms. The third-order valence-corrected chi connectivity index (χ3v) is 7.58. The summed E-state index contributed by atoms with van der Waals surface area (Å²) < 4.78 is 16.6. The van der Waals surface area contributed by atoms with Crippen LogP contribution in [0.1, 0.15) is 24.5 Å². The Labute approximate surface area is 238 Å². The monoisotopic (exact) mass is 554 g/mol. The number of rotatable bonds is 10. The summed E-state index contributed by atoms with van der Waals surface area (Å²) in [6, 6.07) is 21.2. The zero-order chi connectivity index (χ0) is 28.6. The number of nitrogens with zero attached hydrogens (tertiary/aromatic N) is 3. The summed E-state index contributed by atoms with van der Waals surface area (Å²) in [4.78, 5) is 22.4. The van der Waals surface area contributed by atoms with Crippen LogP contribution in [0.25, 0.3) is 22.4 Å². The lowest BCUT2D eigenvalue weighted by Gasteiger charge is -2.18. The van der Waals surface area contributed by atoms with Crippen LogP contribution < -0.4 is 19.5 Å². The molecule has 0 saturated carbocycles. The van der Waals surface area contributed by atoms with E-state index in [9.17, 15) is 10.1 Å². The maximum atomic E-state index is 13.3. The van der Waals surface area contributed by atoms with E-state index in [1.807, 2.05) is 62.4 Å². The van der Waals surface area contributed by atoms with Crippen LogP contribution in [0.4, 0.5) is 5.82 Å². The van der Waals surface area contributed by atoms with Gasteiger partial charge in [-0.15, -0.1) is 0 Å². The fourth-order valence-electron chi connectivity index (χ4n) is 4.20. The number of hydrogen-bond acceptors (Lipinski definition) is 8. The van der Waals surface area contributed by atoms with Gasteiger partial charge in [-0.05, 0) is 54.8 Å². The number of ether oxygens (including phenoxy) is 3. The predicted molar refractivity (Wildman–Crippen MR) is 157 cm³/mol. The maximum absolute atomic E-state index is 13.3. The van der Waals surface area contributed by atoms with Gasteiger partial charge in [0.2, 0.25) is 11.7 Å². The maximum Gasteiger partial charge on any atom is 0.239 e. The van der Waals surface area contributed by atoms with E-state index in [0.717, 1.165) is 11.1 Å². The quantitative estimate of drug-likeness (QED) is 0.221. The van der Waals surface area contributed by atoms with Crippen LogP contribution in [-0.4, -0.2) is 42.5 Å². The zero-order valence-corrected chi connectivity index (χ0v) is 23.8. The minimum absolute atomic E-state index is 0.212. The van der Waals surface area contributed by atoms with E-state index >= 15 is 0 Å². The average molecular weight is 555 g/mol. The Morgan fingerprint density at radius 1 is 1.00 bits per heavy atom. The van der Waals surface area contributed by atoms with Crippen molar-refractivity contribution < 1.29 is 19.0 Å². The van der Waals surface area contributed by atoms with Crippen molar-refractivity contribution in [1.82, 2.24) is 9.97 Å². The molecule has 2 aromatic heterocycles. The Morgan fingerprint density at radius 3 is 2.27 bits per heavy atom. The first-order chi connectivity index (χ1) is 19.4. The van der Waals surface area contributed by atoms with E-state index in [1.54, 1.807) is 32.5 Å². The summed E-state index contributed by atoms with van der Waals surface area (Å²) in [5, 5.41) is 13.2. The second kappa shape index (κ2) is 13.0. The number of methoxy groups -OCH3 is 3. The molecule has 0 aliphatic heterocycles. The molecular weight excluding hydrogens is 524 g/mol. The number of nitriles is 1. The molecule has 8 nitrogen and oxygen atoms in total. The number of aryl methyl sites for hydroxylation is 1. The van der Waals surface area contributed by atoms with Crippen molar-refractivity contribution in [2.75, 3.05) is 26.6 Å². The van der Waals surface area contributed by atoms with Gasteiger partial charge in [0.15, 0.2) is 11.5 Å². The average Bonchev–Trinajstić information content (AvgIpc) is 2.98. The second-order valence-electron chi connectivity index (χ2n) is 8.85. The first-order valence-corrected chi connectivity index (χ1v) is 13.5. The summed E-state index contributed by atoms with van der Waals surface area (Å²) in [5.74, 6) is 1.64. The fourth-order valence-corrected chi connectivity index (χ4v) is 5.23. The van der Waals surface area contributed by atoms with Gasteiger partial charge in [0.1, 0.15) is 16.9 Å². The molecule has 1 N–H and O–H groups in total. The van der Waals surface area contributed by atoms with Crippen LogP contribution in [0.15, 0.2) is 71.9 Å². The molecule has 4 aromatic rings. The van der Waals surface area contributed by atoms with Crippen molar-refractivity contribution >= 4 is 23.5 Å². The molecule has 0 aliphatic rings. The Kier molecular flexibility index (Phi) is 9.25. The molecule has 0 aliphatic carbocycles. The highest BCUT2D eigenvalue weighted by atomic mass is 32.2. The second-order valence-corrected chi connectivity index (χ2v) is 10.0. The number of anilines is 1. The molecule has 1 unspecified atom stereocenters. The van der Waals surface area contributed by atoms with Crippen molar-refractivity contribution in [1.29, 1.82) is 5.26 Å². The van der Waals surface area contributed by atoms with E-state index in [-0.39, 0.29) is 5.91 Å². The molecule has 2 aromatic carbocycles.